The molecule has 3 rings (SSSR count). The Hall–Kier alpha value is -1.32. The molecule has 2 aromatic rings. The third-order valence-electron chi connectivity index (χ3n) is 3.64. The third kappa shape index (κ3) is 2.42. The summed E-state index contributed by atoms with van der Waals surface area (Å²) < 4.78 is 5.86. The molecule has 0 N–H and O–H groups in total. The molecule has 1 aliphatic heterocycles. The molecule has 0 saturated carbocycles. The van der Waals surface area contributed by atoms with Gasteiger partial charge in [0.15, 0.2) is 0 Å². The van der Waals surface area contributed by atoms with Crippen LogP contribution >= 0.6 is 0 Å². The van der Waals surface area contributed by atoms with Gasteiger partial charge in [0.05, 0.1) is 6.54 Å². The summed E-state index contributed by atoms with van der Waals surface area (Å²) in [6, 6.07) is 10.4. The van der Waals surface area contributed by atoms with E-state index in [1.54, 1.807) is 0 Å². The highest BCUT2D eigenvalue weighted by atomic mass is 16.3. The van der Waals surface area contributed by atoms with Crippen molar-refractivity contribution in [2.45, 2.75) is 6.54 Å². The molecule has 3 nitrogen and oxygen atoms in total. The van der Waals surface area contributed by atoms with Crippen molar-refractivity contribution >= 4 is 11.0 Å². The molecule has 95 valence electrons. The van der Waals surface area contributed by atoms with Gasteiger partial charge >= 0.3 is 0 Å². The maximum absolute atomic E-state index is 5.86. The number of fused-ring (bicyclic) bond motifs is 1. The molecule has 0 amide bonds. The number of hydrogen-bond donors (Lipinski definition) is 0. The second-order valence-electron chi connectivity index (χ2n) is 4.87. The summed E-state index contributed by atoms with van der Waals surface area (Å²) in [5.74, 6) is 1.07. The van der Waals surface area contributed by atoms with Crippen molar-refractivity contribution < 1.29 is 4.42 Å². The van der Waals surface area contributed by atoms with Gasteiger partial charge in [0, 0.05) is 31.6 Å². The Morgan fingerprint density at radius 2 is 1.78 bits per heavy atom. The standard InChI is InChI=1S/C15H19N2O/c1-2-16-7-9-17(10-8-16)12-14-11-13-5-3-4-6-15(13)18-14/h3-6,11H,1-2,7-10,12H2. The van der Waals surface area contributed by atoms with Crippen molar-refractivity contribution in [1.29, 1.82) is 0 Å². The van der Waals surface area contributed by atoms with E-state index in [2.05, 4.69) is 34.9 Å². The highest BCUT2D eigenvalue weighted by Crippen LogP contribution is 2.20. The smallest absolute Gasteiger partial charge is 0.134 e. The van der Waals surface area contributed by atoms with E-state index in [9.17, 15) is 0 Å². The lowest BCUT2D eigenvalue weighted by atomic mass is 10.2. The first-order valence-corrected chi connectivity index (χ1v) is 6.56. The molecule has 1 fully saturated rings. The summed E-state index contributed by atoms with van der Waals surface area (Å²) in [5.41, 5.74) is 0.990. The van der Waals surface area contributed by atoms with Crippen LogP contribution in [0.25, 0.3) is 11.0 Å². The Labute approximate surface area is 108 Å². The molecular formula is C15H19N2O. The fourth-order valence-electron chi connectivity index (χ4n) is 2.51. The highest BCUT2D eigenvalue weighted by molar-refractivity contribution is 5.77. The van der Waals surface area contributed by atoms with Gasteiger partial charge in [-0.05, 0) is 25.6 Å². The molecule has 1 aromatic heterocycles. The minimum absolute atomic E-state index is 0.915. The molecule has 3 heteroatoms. The minimum Gasteiger partial charge on any atom is -0.460 e. The summed E-state index contributed by atoms with van der Waals surface area (Å²) in [7, 11) is 0. The molecule has 1 radical (unpaired) electrons. The zero-order valence-corrected chi connectivity index (χ0v) is 10.6. The monoisotopic (exact) mass is 243 g/mol. The Kier molecular flexibility index (Phi) is 3.35. The molecule has 0 spiro atoms. The van der Waals surface area contributed by atoms with Crippen LogP contribution < -0.4 is 0 Å². The van der Waals surface area contributed by atoms with E-state index < -0.39 is 0 Å². The molecule has 2 heterocycles. The number of nitrogens with zero attached hydrogens (tertiary/aromatic N) is 2. The van der Waals surface area contributed by atoms with Gasteiger partial charge in [0.1, 0.15) is 11.3 Å². The van der Waals surface area contributed by atoms with Crippen molar-refractivity contribution in [2.24, 2.45) is 0 Å². The van der Waals surface area contributed by atoms with Crippen LogP contribution in [0.2, 0.25) is 0 Å². The van der Waals surface area contributed by atoms with E-state index in [4.69, 9.17) is 4.42 Å². The molecule has 0 atom stereocenters. The fourth-order valence-corrected chi connectivity index (χ4v) is 2.51. The van der Waals surface area contributed by atoms with Crippen LogP contribution in [0.3, 0.4) is 0 Å². The fraction of sp³-hybridized carbons (Fsp3) is 0.400. The van der Waals surface area contributed by atoms with Crippen LogP contribution in [0, 0.1) is 6.92 Å². The quantitative estimate of drug-likeness (QED) is 0.825. The van der Waals surface area contributed by atoms with Crippen molar-refractivity contribution in [1.82, 2.24) is 9.80 Å². The zero-order chi connectivity index (χ0) is 12.4. The van der Waals surface area contributed by atoms with Gasteiger partial charge < -0.3 is 9.32 Å². The van der Waals surface area contributed by atoms with Gasteiger partial charge in [-0.3, -0.25) is 4.90 Å². The second kappa shape index (κ2) is 5.12. The molecule has 0 bridgehead atoms. The predicted molar refractivity (Wildman–Crippen MR) is 73.3 cm³/mol. The summed E-state index contributed by atoms with van der Waals surface area (Å²) in [4.78, 5) is 4.83. The van der Waals surface area contributed by atoms with Gasteiger partial charge in [-0.1, -0.05) is 18.2 Å². The first kappa shape index (κ1) is 11.8. The largest absolute Gasteiger partial charge is 0.460 e. The van der Waals surface area contributed by atoms with E-state index in [0.29, 0.717) is 0 Å². The number of piperazine rings is 1. The normalized spacial score (nSPS) is 18.5. The topological polar surface area (TPSA) is 19.6 Å². The molecule has 1 aromatic carbocycles. The van der Waals surface area contributed by atoms with Crippen LogP contribution in [-0.4, -0.2) is 42.5 Å². The van der Waals surface area contributed by atoms with Gasteiger partial charge in [0.2, 0.25) is 0 Å². The molecule has 1 aliphatic rings. The SMILES string of the molecule is [CH2]CN1CCN(Cc2cc3ccccc3o2)CC1. The van der Waals surface area contributed by atoms with Crippen LogP contribution in [-0.2, 0) is 6.54 Å². The van der Waals surface area contributed by atoms with Gasteiger partial charge in [-0.2, -0.15) is 0 Å². The first-order chi connectivity index (χ1) is 8.85. The number of para-hydroxylation sites is 1. The van der Waals surface area contributed by atoms with E-state index >= 15 is 0 Å². The maximum atomic E-state index is 5.86. The molecule has 18 heavy (non-hydrogen) atoms. The molecule has 1 saturated heterocycles. The number of furan rings is 1. The number of hydrogen-bond acceptors (Lipinski definition) is 3. The number of rotatable bonds is 3. The first-order valence-electron chi connectivity index (χ1n) is 6.56. The van der Waals surface area contributed by atoms with Crippen LogP contribution in [0.15, 0.2) is 34.7 Å². The minimum atomic E-state index is 0.915. The molecule has 0 aliphatic carbocycles. The third-order valence-corrected chi connectivity index (χ3v) is 3.64. The van der Waals surface area contributed by atoms with E-state index in [1.807, 2.05) is 12.1 Å². The van der Waals surface area contributed by atoms with Crippen LogP contribution in [0.4, 0.5) is 0 Å². The average Bonchev–Trinajstić information content (AvgIpc) is 2.82. The average molecular weight is 243 g/mol. The van der Waals surface area contributed by atoms with Gasteiger partial charge in [-0.25, -0.2) is 0 Å². The Balaban J connectivity index is 1.66. The van der Waals surface area contributed by atoms with Crippen molar-refractivity contribution in [3.63, 3.8) is 0 Å². The Bertz CT molecular complexity index is 479. The summed E-state index contributed by atoms with van der Waals surface area (Å²) in [6.07, 6.45) is 0. The zero-order valence-electron chi connectivity index (χ0n) is 10.6. The van der Waals surface area contributed by atoms with Crippen molar-refractivity contribution in [3.05, 3.63) is 43.0 Å². The lowest BCUT2D eigenvalue weighted by Crippen LogP contribution is -2.45. The van der Waals surface area contributed by atoms with E-state index in [-0.39, 0.29) is 0 Å². The maximum Gasteiger partial charge on any atom is 0.134 e. The summed E-state index contributed by atoms with van der Waals surface area (Å²) in [6.45, 7) is 10.2. The summed E-state index contributed by atoms with van der Waals surface area (Å²) >= 11 is 0. The van der Waals surface area contributed by atoms with Crippen LogP contribution in [0.5, 0.6) is 0 Å². The Morgan fingerprint density at radius 1 is 1.06 bits per heavy atom. The van der Waals surface area contributed by atoms with E-state index in [1.165, 1.54) is 5.39 Å². The van der Waals surface area contributed by atoms with Crippen LogP contribution in [0.1, 0.15) is 5.76 Å². The second-order valence-corrected chi connectivity index (χ2v) is 4.87. The lowest BCUT2D eigenvalue weighted by Gasteiger charge is -2.33. The summed E-state index contributed by atoms with van der Waals surface area (Å²) in [5, 5.41) is 1.20. The van der Waals surface area contributed by atoms with Gasteiger partial charge in [0.25, 0.3) is 0 Å². The highest BCUT2D eigenvalue weighted by Gasteiger charge is 2.16. The number of benzene rings is 1. The van der Waals surface area contributed by atoms with Crippen molar-refractivity contribution in [2.75, 3.05) is 32.7 Å². The Morgan fingerprint density at radius 3 is 2.50 bits per heavy atom. The predicted octanol–water partition coefficient (Wildman–Crippen LogP) is 2.38. The molecule has 0 unspecified atom stereocenters. The van der Waals surface area contributed by atoms with Gasteiger partial charge in [-0.15, -0.1) is 0 Å². The molecular weight excluding hydrogens is 224 g/mol. The van der Waals surface area contributed by atoms with E-state index in [0.717, 1.165) is 50.6 Å². The van der Waals surface area contributed by atoms with Crippen molar-refractivity contribution in [3.8, 4) is 0 Å². The lowest BCUT2D eigenvalue weighted by molar-refractivity contribution is 0.130.